The number of hydrogen-bond acceptors (Lipinski definition) is 2. The molecule has 0 radical (unpaired) electrons. The Morgan fingerprint density at radius 2 is 1.58 bits per heavy atom. The van der Waals surface area contributed by atoms with E-state index in [4.69, 9.17) is 4.74 Å². The Bertz CT molecular complexity index is 227. The van der Waals surface area contributed by atoms with Crippen LogP contribution in [0, 0.1) is 5.92 Å². The van der Waals surface area contributed by atoms with Crippen molar-refractivity contribution in [2.75, 3.05) is 19.7 Å². The van der Waals surface area contributed by atoms with Crippen molar-refractivity contribution in [3.8, 4) is 0 Å². The third-order valence-corrected chi connectivity index (χ3v) is 5.06. The van der Waals surface area contributed by atoms with Crippen LogP contribution in [0.25, 0.3) is 0 Å². The van der Waals surface area contributed by atoms with Gasteiger partial charge in [-0.2, -0.15) is 0 Å². The van der Waals surface area contributed by atoms with E-state index in [1.165, 1.54) is 64.5 Å². The van der Waals surface area contributed by atoms with Crippen molar-refractivity contribution in [2.24, 2.45) is 5.92 Å². The Morgan fingerprint density at radius 3 is 2.16 bits per heavy atom. The molecule has 1 saturated carbocycles. The molecular weight excluding hydrogens is 234 g/mol. The molecule has 112 valence electrons. The molecule has 2 aliphatic rings. The molecule has 1 saturated heterocycles. The summed E-state index contributed by atoms with van der Waals surface area (Å²) in [6, 6.07) is 0.865. The number of nitrogens with zero attached hydrogens (tertiary/aromatic N) is 1. The van der Waals surface area contributed by atoms with Gasteiger partial charge in [0.25, 0.3) is 0 Å². The van der Waals surface area contributed by atoms with Crippen molar-refractivity contribution in [3.05, 3.63) is 0 Å². The maximum atomic E-state index is 5.90. The molecular formula is C17H33NO. The Kier molecular flexibility index (Phi) is 6.66. The van der Waals surface area contributed by atoms with Crippen molar-refractivity contribution in [3.63, 3.8) is 0 Å². The summed E-state index contributed by atoms with van der Waals surface area (Å²) in [7, 11) is 0. The fraction of sp³-hybridized carbons (Fsp3) is 1.00. The maximum Gasteiger partial charge on any atom is 0.0576 e. The van der Waals surface area contributed by atoms with Gasteiger partial charge in [0, 0.05) is 12.6 Å². The van der Waals surface area contributed by atoms with Crippen LogP contribution >= 0.6 is 0 Å². The third kappa shape index (κ3) is 4.75. The van der Waals surface area contributed by atoms with Crippen LogP contribution in [0.5, 0.6) is 0 Å². The van der Waals surface area contributed by atoms with Gasteiger partial charge in [0.1, 0.15) is 0 Å². The number of rotatable bonds is 6. The summed E-state index contributed by atoms with van der Waals surface area (Å²) < 4.78 is 5.90. The summed E-state index contributed by atoms with van der Waals surface area (Å²) in [4.78, 5) is 2.78. The average molecular weight is 267 g/mol. The standard InChI is InChI=1S/C17H33NO/c1-3-5-15-10-12-18(13-11-15)16-6-8-17(9-7-16)19-14-4-2/h15-17H,3-14H2,1-2H3. The Morgan fingerprint density at radius 1 is 0.895 bits per heavy atom. The van der Waals surface area contributed by atoms with Crippen LogP contribution in [0.2, 0.25) is 0 Å². The Balaban J connectivity index is 1.65. The molecule has 0 N–H and O–H groups in total. The highest BCUT2D eigenvalue weighted by Gasteiger charge is 2.28. The smallest absolute Gasteiger partial charge is 0.0576 e. The molecule has 0 aromatic carbocycles. The second-order valence-corrected chi connectivity index (χ2v) is 6.57. The van der Waals surface area contributed by atoms with E-state index in [1.807, 2.05) is 0 Å². The van der Waals surface area contributed by atoms with Crippen molar-refractivity contribution in [1.82, 2.24) is 4.90 Å². The van der Waals surface area contributed by atoms with Crippen molar-refractivity contribution in [1.29, 1.82) is 0 Å². The summed E-state index contributed by atoms with van der Waals surface area (Å²) in [5.41, 5.74) is 0. The highest BCUT2D eigenvalue weighted by atomic mass is 16.5. The summed E-state index contributed by atoms with van der Waals surface area (Å²) >= 11 is 0. The van der Waals surface area contributed by atoms with Crippen LogP contribution in [0.3, 0.4) is 0 Å². The van der Waals surface area contributed by atoms with Crippen LogP contribution in [0.1, 0.15) is 71.6 Å². The highest BCUT2D eigenvalue weighted by Crippen LogP contribution is 2.29. The molecule has 2 nitrogen and oxygen atoms in total. The molecule has 1 aliphatic carbocycles. The zero-order valence-electron chi connectivity index (χ0n) is 13.1. The lowest BCUT2D eigenvalue weighted by atomic mass is 9.87. The number of ether oxygens (including phenoxy) is 1. The van der Waals surface area contributed by atoms with E-state index in [0.717, 1.165) is 25.0 Å². The summed E-state index contributed by atoms with van der Waals surface area (Å²) in [5, 5.41) is 0. The van der Waals surface area contributed by atoms with Gasteiger partial charge < -0.3 is 9.64 Å². The first-order chi connectivity index (χ1) is 9.33. The molecule has 0 spiro atoms. The molecule has 19 heavy (non-hydrogen) atoms. The molecule has 2 rings (SSSR count). The normalized spacial score (nSPS) is 30.6. The topological polar surface area (TPSA) is 12.5 Å². The van der Waals surface area contributed by atoms with Crippen molar-refractivity contribution >= 4 is 0 Å². The maximum absolute atomic E-state index is 5.90. The van der Waals surface area contributed by atoms with Gasteiger partial charge in [-0.15, -0.1) is 0 Å². The lowest BCUT2D eigenvalue weighted by Gasteiger charge is -2.40. The van der Waals surface area contributed by atoms with Gasteiger partial charge in [-0.05, 0) is 64.0 Å². The minimum Gasteiger partial charge on any atom is -0.378 e. The van der Waals surface area contributed by atoms with Gasteiger partial charge in [0.2, 0.25) is 0 Å². The van der Waals surface area contributed by atoms with Gasteiger partial charge in [0.15, 0.2) is 0 Å². The second-order valence-electron chi connectivity index (χ2n) is 6.57. The Labute approximate surface area is 119 Å². The van der Waals surface area contributed by atoms with E-state index < -0.39 is 0 Å². The first-order valence-corrected chi connectivity index (χ1v) is 8.69. The largest absolute Gasteiger partial charge is 0.378 e. The van der Waals surface area contributed by atoms with E-state index in [-0.39, 0.29) is 0 Å². The van der Waals surface area contributed by atoms with E-state index in [0.29, 0.717) is 6.10 Å². The lowest BCUT2D eigenvalue weighted by Crippen LogP contribution is -2.44. The fourth-order valence-electron chi connectivity index (χ4n) is 3.88. The quantitative estimate of drug-likeness (QED) is 0.714. The van der Waals surface area contributed by atoms with E-state index in [9.17, 15) is 0 Å². The monoisotopic (exact) mass is 267 g/mol. The first kappa shape index (κ1) is 15.3. The molecule has 0 bridgehead atoms. The fourth-order valence-corrected chi connectivity index (χ4v) is 3.88. The number of hydrogen-bond donors (Lipinski definition) is 0. The summed E-state index contributed by atoms with van der Waals surface area (Å²) in [5.74, 6) is 1.02. The third-order valence-electron chi connectivity index (χ3n) is 5.06. The van der Waals surface area contributed by atoms with Crippen molar-refractivity contribution in [2.45, 2.75) is 83.8 Å². The first-order valence-electron chi connectivity index (χ1n) is 8.69. The van der Waals surface area contributed by atoms with Crippen LogP contribution in [-0.2, 0) is 4.74 Å². The SMILES string of the molecule is CCCOC1CCC(N2CCC(CCC)CC2)CC1. The van der Waals surface area contributed by atoms with Gasteiger partial charge >= 0.3 is 0 Å². The second kappa shape index (κ2) is 8.26. The van der Waals surface area contributed by atoms with E-state index >= 15 is 0 Å². The average Bonchev–Trinajstić information content (AvgIpc) is 2.47. The molecule has 0 unspecified atom stereocenters. The van der Waals surface area contributed by atoms with Crippen molar-refractivity contribution < 1.29 is 4.74 Å². The van der Waals surface area contributed by atoms with Gasteiger partial charge in [0.05, 0.1) is 6.10 Å². The molecule has 0 aromatic heterocycles. The van der Waals surface area contributed by atoms with Crippen LogP contribution in [0.15, 0.2) is 0 Å². The minimum atomic E-state index is 0.564. The van der Waals surface area contributed by atoms with Gasteiger partial charge in [-0.1, -0.05) is 26.7 Å². The predicted molar refractivity (Wildman–Crippen MR) is 81.5 cm³/mol. The van der Waals surface area contributed by atoms with Crippen LogP contribution < -0.4 is 0 Å². The van der Waals surface area contributed by atoms with E-state index in [1.54, 1.807) is 0 Å². The lowest BCUT2D eigenvalue weighted by molar-refractivity contribution is 0.00190. The molecule has 0 atom stereocenters. The minimum absolute atomic E-state index is 0.564. The summed E-state index contributed by atoms with van der Waals surface area (Å²) in [6.07, 6.45) is 12.7. The van der Waals surface area contributed by atoms with E-state index in [2.05, 4.69) is 18.7 Å². The molecule has 1 heterocycles. The molecule has 1 aliphatic heterocycles. The molecule has 0 amide bonds. The zero-order valence-corrected chi connectivity index (χ0v) is 13.1. The Hall–Kier alpha value is -0.0800. The number of likely N-dealkylation sites (tertiary alicyclic amines) is 1. The zero-order chi connectivity index (χ0) is 13.5. The molecule has 2 fully saturated rings. The van der Waals surface area contributed by atoms with Crippen LogP contribution in [0.4, 0.5) is 0 Å². The van der Waals surface area contributed by atoms with Gasteiger partial charge in [-0.3, -0.25) is 0 Å². The highest BCUT2D eigenvalue weighted by molar-refractivity contribution is 4.83. The molecule has 2 heteroatoms. The summed E-state index contributed by atoms with van der Waals surface area (Å²) in [6.45, 7) is 8.19. The molecule has 0 aromatic rings. The van der Waals surface area contributed by atoms with Gasteiger partial charge in [-0.25, -0.2) is 0 Å². The predicted octanol–water partition coefficient (Wildman–Crippen LogP) is 4.24. The van der Waals surface area contributed by atoms with Crippen LogP contribution in [-0.4, -0.2) is 36.7 Å². The number of piperidine rings is 1.